The van der Waals surface area contributed by atoms with Gasteiger partial charge in [-0.15, -0.1) is 11.3 Å². The fraction of sp³-hybridized carbons (Fsp3) is 0.462. The van der Waals surface area contributed by atoms with Crippen molar-refractivity contribution in [2.45, 2.75) is 18.9 Å². The van der Waals surface area contributed by atoms with Crippen LogP contribution in [0.25, 0.3) is 10.2 Å². The van der Waals surface area contributed by atoms with Gasteiger partial charge in [-0.3, -0.25) is 0 Å². The molecule has 2 N–H and O–H groups in total. The number of aromatic nitrogens is 1. The second-order valence-corrected chi connectivity index (χ2v) is 5.62. The van der Waals surface area contributed by atoms with E-state index in [0.29, 0.717) is 12.3 Å². The maximum absolute atomic E-state index is 6.06. The Bertz CT molecular complexity index is 550. The number of nitrogens with zero attached hydrogens (tertiary/aromatic N) is 2. The Hall–Kier alpha value is -1.33. The molecule has 96 valence electrons. The standard InChI is InChI=1S/C13H17N3OS/c1-16(9-2-3-9)6-7-17-10-4-5-11-13(12(10)14)15-8-18-11/h4-5,8-9H,2-3,6-7,14H2,1H3. The predicted octanol–water partition coefficient (Wildman–Crippen LogP) is 2.35. The van der Waals surface area contributed by atoms with Gasteiger partial charge in [-0.25, -0.2) is 4.98 Å². The Balaban J connectivity index is 1.64. The molecule has 1 aromatic heterocycles. The third-order valence-electron chi connectivity index (χ3n) is 3.37. The van der Waals surface area contributed by atoms with Crippen molar-refractivity contribution in [3.8, 4) is 5.75 Å². The molecule has 5 heteroatoms. The third-order valence-corrected chi connectivity index (χ3v) is 4.17. The highest BCUT2D eigenvalue weighted by Crippen LogP contribution is 2.31. The number of nitrogen functional groups attached to an aromatic ring is 1. The van der Waals surface area contributed by atoms with E-state index in [2.05, 4.69) is 16.9 Å². The Kier molecular flexibility index (Phi) is 3.09. The van der Waals surface area contributed by atoms with Crippen molar-refractivity contribution in [3.05, 3.63) is 17.6 Å². The zero-order valence-corrected chi connectivity index (χ0v) is 11.2. The summed E-state index contributed by atoms with van der Waals surface area (Å²) in [6.07, 6.45) is 2.65. The summed E-state index contributed by atoms with van der Waals surface area (Å²) in [7, 11) is 2.15. The summed E-state index contributed by atoms with van der Waals surface area (Å²) in [5, 5.41) is 0. The number of thiazole rings is 1. The maximum Gasteiger partial charge on any atom is 0.144 e. The van der Waals surface area contributed by atoms with Crippen molar-refractivity contribution in [1.82, 2.24) is 9.88 Å². The van der Waals surface area contributed by atoms with Crippen LogP contribution in [0.2, 0.25) is 0 Å². The van der Waals surface area contributed by atoms with E-state index in [-0.39, 0.29) is 0 Å². The molecule has 18 heavy (non-hydrogen) atoms. The Morgan fingerprint density at radius 1 is 1.50 bits per heavy atom. The average molecular weight is 263 g/mol. The largest absolute Gasteiger partial charge is 0.490 e. The fourth-order valence-electron chi connectivity index (χ4n) is 2.06. The minimum atomic E-state index is 0.655. The molecule has 0 amide bonds. The molecule has 1 aromatic carbocycles. The molecule has 1 aliphatic rings. The van der Waals surface area contributed by atoms with Gasteiger partial charge in [-0.2, -0.15) is 0 Å². The lowest BCUT2D eigenvalue weighted by Gasteiger charge is -2.16. The number of fused-ring (bicyclic) bond motifs is 1. The van der Waals surface area contributed by atoms with Gasteiger partial charge in [0.2, 0.25) is 0 Å². The number of benzene rings is 1. The first-order valence-electron chi connectivity index (χ1n) is 6.20. The smallest absolute Gasteiger partial charge is 0.144 e. The lowest BCUT2D eigenvalue weighted by Crippen LogP contribution is -2.26. The van der Waals surface area contributed by atoms with Gasteiger partial charge >= 0.3 is 0 Å². The van der Waals surface area contributed by atoms with Crippen molar-refractivity contribution < 1.29 is 4.74 Å². The molecule has 1 fully saturated rings. The minimum Gasteiger partial charge on any atom is -0.490 e. The van der Waals surface area contributed by atoms with Gasteiger partial charge in [0, 0.05) is 12.6 Å². The first-order chi connectivity index (χ1) is 8.75. The van der Waals surface area contributed by atoms with Crippen LogP contribution in [0.4, 0.5) is 5.69 Å². The van der Waals surface area contributed by atoms with E-state index in [4.69, 9.17) is 10.5 Å². The Labute approximate surface area is 110 Å². The molecule has 0 radical (unpaired) electrons. The van der Waals surface area contributed by atoms with Crippen molar-refractivity contribution in [2.75, 3.05) is 25.9 Å². The molecule has 1 heterocycles. The lowest BCUT2D eigenvalue weighted by molar-refractivity contribution is 0.233. The maximum atomic E-state index is 6.06. The lowest BCUT2D eigenvalue weighted by atomic mass is 10.2. The van der Waals surface area contributed by atoms with Gasteiger partial charge in [0.1, 0.15) is 23.6 Å². The zero-order valence-electron chi connectivity index (χ0n) is 10.4. The highest BCUT2D eigenvalue weighted by atomic mass is 32.1. The summed E-state index contributed by atoms with van der Waals surface area (Å²) in [5.41, 5.74) is 9.38. The van der Waals surface area contributed by atoms with Gasteiger partial charge < -0.3 is 15.4 Å². The summed E-state index contributed by atoms with van der Waals surface area (Å²) in [6.45, 7) is 1.62. The van der Waals surface area contributed by atoms with E-state index in [0.717, 1.165) is 28.6 Å². The number of likely N-dealkylation sites (N-methyl/N-ethyl adjacent to an activating group) is 1. The molecule has 0 spiro atoms. The minimum absolute atomic E-state index is 0.655. The van der Waals surface area contributed by atoms with Crippen molar-refractivity contribution in [1.29, 1.82) is 0 Å². The van der Waals surface area contributed by atoms with Crippen LogP contribution >= 0.6 is 11.3 Å². The Morgan fingerprint density at radius 2 is 2.33 bits per heavy atom. The third kappa shape index (κ3) is 2.28. The van der Waals surface area contributed by atoms with Gasteiger partial charge in [-0.05, 0) is 32.0 Å². The molecule has 2 aromatic rings. The summed E-state index contributed by atoms with van der Waals surface area (Å²) < 4.78 is 6.87. The quantitative estimate of drug-likeness (QED) is 0.841. The van der Waals surface area contributed by atoms with Crippen molar-refractivity contribution in [3.63, 3.8) is 0 Å². The summed E-state index contributed by atoms with van der Waals surface area (Å²) in [6, 6.07) is 4.72. The van der Waals surface area contributed by atoms with Crippen LogP contribution in [-0.4, -0.2) is 36.1 Å². The first kappa shape index (κ1) is 11.7. The highest BCUT2D eigenvalue weighted by Gasteiger charge is 2.25. The van der Waals surface area contributed by atoms with E-state index >= 15 is 0 Å². The van der Waals surface area contributed by atoms with Crippen LogP contribution < -0.4 is 10.5 Å². The van der Waals surface area contributed by atoms with Gasteiger partial charge in [0.15, 0.2) is 0 Å². The Morgan fingerprint density at radius 3 is 3.11 bits per heavy atom. The van der Waals surface area contributed by atoms with Crippen molar-refractivity contribution >= 4 is 27.2 Å². The van der Waals surface area contributed by atoms with Crippen LogP contribution in [0.3, 0.4) is 0 Å². The molecule has 4 nitrogen and oxygen atoms in total. The number of nitrogens with two attached hydrogens (primary N) is 1. The number of ether oxygens (including phenoxy) is 1. The van der Waals surface area contributed by atoms with Crippen LogP contribution in [0.5, 0.6) is 5.75 Å². The molecule has 1 saturated carbocycles. The molecule has 0 saturated heterocycles. The number of hydrogen-bond acceptors (Lipinski definition) is 5. The molecule has 0 atom stereocenters. The second-order valence-electron chi connectivity index (χ2n) is 4.74. The van der Waals surface area contributed by atoms with E-state index < -0.39 is 0 Å². The summed E-state index contributed by atoms with van der Waals surface area (Å²) in [5.74, 6) is 0.748. The van der Waals surface area contributed by atoms with E-state index in [9.17, 15) is 0 Å². The number of hydrogen-bond donors (Lipinski definition) is 1. The molecule has 1 aliphatic carbocycles. The average Bonchev–Trinajstić information content (AvgIpc) is 3.10. The monoisotopic (exact) mass is 263 g/mol. The fourth-order valence-corrected chi connectivity index (χ4v) is 2.75. The first-order valence-corrected chi connectivity index (χ1v) is 7.08. The topological polar surface area (TPSA) is 51.4 Å². The van der Waals surface area contributed by atoms with E-state index in [1.807, 2.05) is 17.6 Å². The second kappa shape index (κ2) is 4.74. The number of anilines is 1. The van der Waals surface area contributed by atoms with Crippen molar-refractivity contribution in [2.24, 2.45) is 0 Å². The summed E-state index contributed by atoms with van der Waals surface area (Å²) >= 11 is 1.60. The molecule has 3 rings (SSSR count). The van der Waals surface area contributed by atoms with Crippen LogP contribution in [-0.2, 0) is 0 Å². The highest BCUT2D eigenvalue weighted by molar-refractivity contribution is 7.16. The van der Waals surface area contributed by atoms with E-state index in [1.165, 1.54) is 12.8 Å². The van der Waals surface area contributed by atoms with Crippen LogP contribution in [0, 0.1) is 0 Å². The van der Waals surface area contributed by atoms with Crippen LogP contribution in [0.15, 0.2) is 17.6 Å². The predicted molar refractivity (Wildman–Crippen MR) is 75.2 cm³/mol. The molecule has 0 bridgehead atoms. The van der Waals surface area contributed by atoms with Gasteiger partial charge in [0.05, 0.1) is 10.2 Å². The summed E-state index contributed by atoms with van der Waals surface area (Å²) in [4.78, 5) is 6.61. The molecule has 0 aliphatic heterocycles. The molecule has 0 unspecified atom stereocenters. The molecular formula is C13H17N3OS. The van der Waals surface area contributed by atoms with Crippen LogP contribution in [0.1, 0.15) is 12.8 Å². The van der Waals surface area contributed by atoms with Gasteiger partial charge in [0.25, 0.3) is 0 Å². The van der Waals surface area contributed by atoms with E-state index in [1.54, 1.807) is 11.3 Å². The normalized spacial score (nSPS) is 15.4. The zero-order chi connectivity index (χ0) is 12.5. The number of rotatable bonds is 5. The molecular weight excluding hydrogens is 246 g/mol. The SMILES string of the molecule is CN(CCOc1ccc2scnc2c1N)C1CC1. The van der Waals surface area contributed by atoms with Gasteiger partial charge in [-0.1, -0.05) is 0 Å².